The number of nitrogens with two attached hydrogens (primary N) is 1. The van der Waals surface area contributed by atoms with Crippen molar-refractivity contribution in [1.29, 1.82) is 0 Å². The first kappa shape index (κ1) is 20.3. The highest BCUT2D eigenvalue weighted by Crippen LogP contribution is 2.43. The van der Waals surface area contributed by atoms with Gasteiger partial charge >= 0.3 is 11.8 Å². The Bertz CT molecular complexity index is 760. The summed E-state index contributed by atoms with van der Waals surface area (Å²) >= 11 is 0. The summed E-state index contributed by atoms with van der Waals surface area (Å²) in [6.07, 6.45) is 10.6. The Morgan fingerprint density at radius 1 is 1.18 bits per heavy atom. The molecule has 0 spiro atoms. The molecule has 1 saturated heterocycles. The van der Waals surface area contributed by atoms with Crippen LogP contribution in [-0.2, 0) is 9.59 Å². The zero-order chi connectivity index (χ0) is 20.3. The molecule has 1 saturated carbocycles. The molecule has 28 heavy (non-hydrogen) atoms. The van der Waals surface area contributed by atoms with E-state index in [4.69, 9.17) is 5.73 Å². The molecule has 2 atom stereocenters. The van der Waals surface area contributed by atoms with Gasteiger partial charge in [-0.05, 0) is 50.5 Å². The third-order valence-corrected chi connectivity index (χ3v) is 6.46. The normalized spacial score (nSPS) is 25.9. The molecule has 1 aliphatic heterocycles. The maximum absolute atomic E-state index is 13.1. The van der Waals surface area contributed by atoms with Crippen molar-refractivity contribution in [3.63, 3.8) is 0 Å². The lowest BCUT2D eigenvalue weighted by Crippen LogP contribution is -2.61. The SMILES string of the molecule is C[C@H]1CC[C@@](C)(C2CCCCC2)N(C(=O)C(=O)Nc2cncc(C(N)=O)c2)C1. The number of primary amides is 1. The van der Waals surface area contributed by atoms with Crippen LogP contribution in [-0.4, -0.2) is 39.7 Å². The first-order chi connectivity index (χ1) is 13.3. The molecule has 3 amide bonds. The lowest BCUT2D eigenvalue weighted by atomic mass is 9.69. The maximum atomic E-state index is 13.1. The van der Waals surface area contributed by atoms with E-state index in [-0.39, 0.29) is 11.1 Å². The van der Waals surface area contributed by atoms with Crippen LogP contribution in [0.25, 0.3) is 0 Å². The average Bonchev–Trinajstić information content (AvgIpc) is 2.70. The third-order valence-electron chi connectivity index (χ3n) is 6.46. The molecule has 1 aromatic heterocycles. The standard InChI is InChI=1S/C21H30N4O3/c1-14-8-9-21(2,16-6-4-3-5-7-16)25(13-14)20(28)19(27)24-17-10-15(18(22)26)11-23-12-17/h10-12,14,16H,3-9,13H2,1-2H3,(H2,22,26)(H,24,27)/t14-,21-/m0/s1. The number of carbonyl (C=O) groups is 3. The summed E-state index contributed by atoms with van der Waals surface area (Å²) in [5, 5.41) is 2.59. The molecule has 7 heteroatoms. The van der Waals surface area contributed by atoms with Gasteiger partial charge in [0.25, 0.3) is 0 Å². The van der Waals surface area contributed by atoms with Crippen LogP contribution in [0.5, 0.6) is 0 Å². The van der Waals surface area contributed by atoms with Crippen molar-refractivity contribution in [1.82, 2.24) is 9.88 Å². The van der Waals surface area contributed by atoms with E-state index in [9.17, 15) is 14.4 Å². The van der Waals surface area contributed by atoms with Gasteiger partial charge in [0.05, 0.1) is 17.4 Å². The van der Waals surface area contributed by atoms with Gasteiger partial charge in [-0.2, -0.15) is 0 Å². The molecule has 0 radical (unpaired) electrons. The molecule has 2 heterocycles. The van der Waals surface area contributed by atoms with Crippen LogP contribution < -0.4 is 11.1 Å². The number of nitrogens with one attached hydrogen (secondary N) is 1. The predicted octanol–water partition coefficient (Wildman–Crippen LogP) is 2.72. The number of pyridine rings is 1. The quantitative estimate of drug-likeness (QED) is 0.779. The van der Waals surface area contributed by atoms with Crippen molar-refractivity contribution < 1.29 is 14.4 Å². The highest BCUT2D eigenvalue weighted by Gasteiger charge is 2.46. The first-order valence-corrected chi connectivity index (χ1v) is 10.2. The summed E-state index contributed by atoms with van der Waals surface area (Å²) in [7, 11) is 0. The van der Waals surface area contributed by atoms with Crippen molar-refractivity contribution in [3.05, 3.63) is 24.0 Å². The number of carbonyl (C=O) groups excluding carboxylic acids is 3. The molecule has 1 aliphatic carbocycles. The van der Waals surface area contributed by atoms with E-state index in [0.717, 1.165) is 25.7 Å². The number of hydrogen-bond donors (Lipinski definition) is 2. The van der Waals surface area contributed by atoms with Gasteiger partial charge in [-0.1, -0.05) is 26.2 Å². The predicted molar refractivity (Wildman–Crippen MR) is 106 cm³/mol. The zero-order valence-corrected chi connectivity index (χ0v) is 16.7. The number of likely N-dealkylation sites (tertiary alicyclic amines) is 1. The van der Waals surface area contributed by atoms with Gasteiger partial charge in [0.2, 0.25) is 5.91 Å². The molecule has 152 valence electrons. The Morgan fingerprint density at radius 3 is 2.57 bits per heavy atom. The highest BCUT2D eigenvalue weighted by atomic mass is 16.2. The van der Waals surface area contributed by atoms with Crippen molar-refractivity contribution >= 4 is 23.4 Å². The molecule has 3 rings (SSSR count). The fourth-order valence-electron chi connectivity index (χ4n) is 4.70. The second kappa shape index (κ2) is 8.29. The van der Waals surface area contributed by atoms with E-state index >= 15 is 0 Å². The second-order valence-corrected chi connectivity index (χ2v) is 8.53. The monoisotopic (exact) mass is 386 g/mol. The van der Waals surface area contributed by atoms with E-state index in [0.29, 0.717) is 24.1 Å². The lowest BCUT2D eigenvalue weighted by molar-refractivity contribution is -0.153. The number of hydrogen-bond acceptors (Lipinski definition) is 4. The van der Waals surface area contributed by atoms with Crippen LogP contribution in [0, 0.1) is 11.8 Å². The van der Waals surface area contributed by atoms with Crippen LogP contribution in [0.4, 0.5) is 5.69 Å². The third kappa shape index (κ3) is 4.18. The molecular formula is C21H30N4O3. The molecule has 0 bridgehead atoms. The first-order valence-electron chi connectivity index (χ1n) is 10.2. The Kier molecular flexibility index (Phi) is 6.01. The highest BCUT2D eigenvalue weighted by molar-refractivity contribution is 6.39. The summed E-state index contributed by atoms with van der Waals surface area (Å²) < 4.78 is 0. The van der Waals surface area contributed by atoms with Gasteiger partial charge < -0.3 is 16.0 Å². The van der Waals surface area contributed by atoms with Crippen molar-refractivity contribution in [2.45, 2.75) is 64.3 Å². The molecule has 0 unspecified atom stereocenters. The van der Waals surface area contributed by atoms with Crippen LogP contribution >= 0.6 is 0 Å². The van der Waals surface area contributed by atoms with Crippen molar-refractivity contribution in [3.8, 4) is 0 Å². The van der Waals surface area contributed by atoms with Crippen LogP contribution in [0.15, 0.2) is 18.5 Å². The summed E-state index contributed by atoms with van der Waals surface area (Å²) in [4.78, 5) is 42.9. The van der Waals surface area contributed by atoms with Crippen LogP contribution in [0.1, 0.15) is 69.2 Å². The number of nitrogens with zero attached hydrogens (tertiary/aromatic N) is 2. The minimum Gasteiger partial charge on any atom is -0.366 e. The molecule has 2 aliphatic rings. The summed E-state index contributed by atoms with van der Waals surface area (Å²) in [6, 6.07) is 1.43. The number of aromatic nitrogens is 1. The molecule has 3 N–H and O–H groups in total. The number of anilines is 1. The molecule has 1 aromatic rings. The maximum Gasteiger partial charge on any atom is 0.313 e. The minimum absolute atomic E-state index is 0.184. The van der Waals surface area contributed by atoms with E-state index in [2.05, 4.69) is 24.1 Å². The molecular weight excluding hydrogens is 356 g/mol. The van der Waals surface area contributed by atoms with Gasteiger partial charge in [-0.3, -0.25) is 19.4 Å². The molecule has 7 nitrogen and oxygen atoms in total. The number of rotatable bonds is 3. The van der Waals surface area contributed by atoms with Crippen LogP contribution in [0.3, 0.4) is 0 Å². The second-order valence-electron chi connectivity index (χ2n) is 8.53. The number of amides is 3. The van der Waals surface area contributed by atoms with Gasteiger partial charge in [0, 0.05) is 18.3 Å². The van der Waals surface area contributed by atoms with Gasteiger partial charge in [-0.15, -0.1) is 0 Å². The van der Waals surface area contributed by atoms with E-state index in [1.165, 1.54) is 37.7 Å². The lowest BCUT2D eigenvalue weighted by Gasteiger charge is -2.52. The molecule has 0 aromatic carbocycles. The summed E-state index contributed by atoms with van der Waals surface area (Å²) in [5.74, 6) is -1.04. The summed E-state index contributed by atoms with van der Waals surface area (Å²) in [6.45, 7) is 4.87. The average molecular weight is 386 g/mol. The van der Waals surface area contributed by atoms with Crippen molar-refractivity contribution in [2.24, 2.45) is 17.6 Å². The topological polar surface area (TPSA) is 105 Å². The Morgan fingerprint density at radius 2 is 1.89 bits per heavy atom. The largest absolute Gasteiger partial charge is 0.366 e. The molecule has 2 fully saturated rings. The Hall–Kier alpha value is -2.44. The van der Waals surface area contributed by atoms with Crippen LogP contribution in [0.2, 0.25) is 0 Å². The Labute approximate surface area is 166 Å². The fourth-order valence-corrected chi connectivity index (χ4v) is 4.70. The zero-order valence-electron chi connectivity index (χ0n) is 16.7. The van der Waals surface area contributed by atoms with E-state index < -0.39 is 17.7 Å². The number of piperidine rings is 1. The van der Waals surface area contributed by atoms with Gasteiger partial charge in [0.1, 0.15) is 0 Å². The van der Waals surface area contributed by atoms with E-state index in [1.807, 2.05) is 0 Å². The van der Waals surface area contributed by atoms with Gasteiger partial charge in [0.15, 0.2) is 0 Å². The van der Waals surface area contributed by atoms with E-state index in [1.54, 1.807) is 4.90 Å². The smallest absolute Gasteiger partial charge is 0.313 e. The fraction of sp³-hybridized carbons (Fsp3) is 0.619. The summed E-state index contributed by atoms with van der Waals surface area (Å²) in [5.41, 5.74) is 5.45. The van der Waals surface area contributed by atoms with Gasteiger partial charge in [-0.25, -0.2) is 0 Å². The Balaban J connectivity index is 1.78. The minimum atomic E-state index is -0.695. The van der Waals surface area contributed by atoms with Crippen molar-refractivity contribution in [2.75, 3.05) is 11.9 Å².